The third kappa shape index (κ3) is 3.12. The van der Waals surface area contributed by atoms with E-state index in [9.17, 15) is 0 Å². The zero-order chi connectivity index (χ0) is 12.1. The van der Waals surface area contributed by atoms with Gasteiger partial charge in [-0.15, -0.1) is 0 Å². The van der Waals surface area contributed by atoms with Crippen LogP contribution in [0.25, 0.3) is 11.3 Å². The molecule has 0 saturated carbocycles. The van der Waals surface area contributed by atoms with E-state index >= 15 is 0 Å². The number of rotatable bonds is 5. The average Bonchev–Trinajstić information content (AvgIpc) is 2.78. The molecule has 0 fully saturated rings. The minimum Gasteiger partial charge on any atom is -0.392 e. The van der Waals surface area contributed by atoms with Gasteiger partial charge in [0.2, 0.25) is 0 Å². The summed E-state index contributed by atoms with van der Waals surface area (Å²) in [5.74, 6) is 0. The molecule has 0 radical (unpaired) electrons. The Morgan fingerprint density at radius 2 is 2.06 bits per heavy atom. The number of benzene rings is 1. The predicted octanol–water partition coefficient (Wildman–Crippen LogP) is 0.942. The smallest absolute Gasteiger partial charge is 0.117 e. The summed E-state index contributed by atoms with van der Waals surface area (Å²) >= 11 is 0. The number of aromatic amines is 1. The number of hydrogen-bond donors (Lipinski definition) is 3. The number of nitrogens with one attached hydrogen (secondary N) is 2. The summed E-state index contributed by atoms with van der Waals surface area (Å²) in [7, 11) is 0. The summed E-state index contributed by atoms with van der Waals surface area (Å²) in [6, 6.07) is 9.90. The first-order valence-electron chi connectivity index (χ1n) is 5.61. The molecular weight excluding hydrogens is 216 g/mol. The second kappa shape index (κ2) is 5.56. The molecule has 2 aromatic rings. The van der Waals surface area contributed by atoms with Crippen LogP contribution in [0.4, 0.5) is 0 Å². The van der Waals surface area contributed by atoms with Crippen LogP contribution < -0.4 is 5.32 Å². The first-order valence-corrected chi connectivity index (χ1v) is 5.61. The summed E-state index contributed by atoms with van der Waals surface area (Å²) in [6.45, 7) is 2.88. The van der Waals surface area contributed by atoms with E-state index in [1.807, 2.05) is 30.3 Å². The van der Waals surface area contributed by atoms with Crippen molar-refractivity contribution in [3.8, 4) is 11.3 Å². The van der Waals surface area contributed by atoms with Crippen molar-refractivity contribution in [2.45, 2.75) is 19.6 Å². The first-order chi connectivity index (χ1) is 8.27. The Bertz CT molecular complexity index is 453. The van der Waals surface area contributed by atoms with E-state index in [4.69, 9.17) is 5.11 Å². The average molecular weight is 232 g/mol. The molecule has 5 heteroatoms. The van der Waals surface area contributed by atoms with Gasteiger partial charge in [-0.05, 0) is 6.92 Å². The van der Waals surface area contributed by atoms with Gasteiger partial charge in [-0.2, -0.15) is 15.4 Å². The second-order valence-corrected chi connectivity index (χ2v) is 3.96. The van der Waals surface area contributed by atoms with Crippen LogP contribution in [-0.4, -0.2) is 33.2 Å². The molecule has 0 aliphatic rings. The van der Waals surface area contributed by atoms with Gasteiger partial charge >= 0.3 is 0 Å². The number of aromatic nitrogens is 3. The largest absolute Gasteiger partial charge is 0.392 e. The van der Waals surface area contributed by atoms with Gasteiger partial charge in [-0.3, -0.25) is 0 Å². The van der Waals surface area contributed by atoms with Crippen LogP contribution in [0.5, 0.6) is 0 Å². The zero-order valence-corrected chi connectivity index (χ0v) is 9.72. The summed E-state index contributed by atoms with van der Waals surface area (Å²) in [5, 5.41) is 23.2. The van der Waals surface area contributed by atoms with Crippen LogP contribution in [0, 0.1) is 0 Å². The highest BCUT2D eigenvalue weighted by Gasteiger charge is 2.09. The van der Waals surface area contributed by atoms with Crippen molar-refractivity contribution in [3.05, 3.63) is 36.0 Å². The highest BCUT2D eigenvalue weighted by atomic mass is 16.3. The van der Waals surface area contributed by atoms with E-state index in [1.165, 1.54) is 0 Å². The molecule has 3 N–H and O–H groups in total. The molecule has 0 spiro atoms. The third-order valence-corrected chi connectivity index (χ3v) is 2.40. The van der Waals surface area contributed by atoms with Crippen LogP contribution in [0.2, 0.25) is 0 Å². The van der Waals surface area contributed by atoms with Gasteiger partial charge in [0.15, 0.2) is 0 Å². The third-order valence-electron chi connectivity index (χ3n) is 2.40. The van der Waals surface area contributed by atoms with Crippen LogP contribution in [0.1, 0.15) is 12.6 Å². The summed E-state index contributed by atoms with van der Waals surface area (Å²) in [4.78, 5) is 0. The zero-order valence-electron chi connectivity index (χ0n) is 9.72. The van der Waals surface area contributed by atoms with E-state index in [1.54, 1.807) is 6.92 Å². The van der Waals surface area contributed by atoms with Crippen LogP contribution in [0.3, 0.4) is 0 Å². The molecule has 5 nitrogen and oxygen atoms in total. The van der Waals surface area contributed by atoms with E-state index in [2.05, 4.69) is 20.7 Å². The Morgan fingerprint density at radius 3 is 2.76 bits per heavy atom. The fraction of sp³-hybridized carbons (Fsp3) is 0.333. The minimum atomic E-state index is -0.359. The lowest BCUT2D eigenvalue weighted by molar-refractivity contribution is 0.191. The monoisotopic (exact) mass is 232 g/mol. The fourth-order valence-corrected chi connectivity index (χ4v) is 1.60. The molecule has 0 bridgehead atoms. The number of aliphatic hydroxyl groups is 1. The van der Waals surface area contributed by atoms with Crippen molar-refractivity contribution >= 4 is 0 Å². The summed E-state index contributed by atoms with van der Waals surface area (Å²) < 4.78 is 0. The fourth-order valence-electron chi connectivity index (χ4n) is 1.60. The number of aliphatic hydroxyl groups excluding tert-OH is 1. The Morgan fingerprint density at radius 1 is 1.29 bits per heavy atom. The maximum atomic E-state index is 9.16. The lowest BCUT2D eigenvalue weighted by atomic mass is 10.1. The topological polar surface area (TPSA) is 73.8 Å². The number of H-pyrrole nitrogens is 1. The van der Waals surface area contributed by atoms with Gasteiger partial charge in [-0.25, -0.2) is 0 Å². The summed E-state index contributed by atoms with van der Waals surface area (Å²) in [5.41, 5.74) is 2.75. The Labute approximate surface area is 99.9 Å². The molecule has 1 heterocycles. The molecular formula is C12H16N4O. The molecule has 0 aliphatic carbocycles. The number of nitrogens with zero attached hydrogens (tertiary/aromatic N) is 2. The molecule has 1 unspecified atom stereocenters. The molecule has 1 aromatic heterocycles. The molecule has 1 aromatic carbocycles. The lowest BCUT2D eigenvalue weighted by Crippen LogP contribution is -2.24. The van der Waals surface area contributed by atoms with E-state index in [0.29, 0.717) is 13.1 Å². The Kier molecular flexibility index (Phi) is 3.85. The van der Waals surface area contributed by atoms with E-state index < -0.39 is 0 Å². The van der Waals surface area contributed by atoms with Gasteiger partial charge in [0.25, 0.3) is 0 Å². The van der Waals surface area contributed by atoms with E-state index in [-0.39, 0.29) is 6.10 Å². The van der Waals surface area contributed by atoms with Crippen molar-refractivity contribution in [2.24, 2.45) is 0 Å². The molecule has 0 aliphatic heterocycles. The SMILES string of the molecule is CC(O)CNCc1n[nH]nc1-c1ccccc1. The number of hydrogen-bond acceptors (Lipinski definition) is 4. The lowest BCUT2D eigenvalue weighted by Gasteiger charge is -2.05. The molecule has 0 saturated heterocycles. The Hall–Kier alpha value is -1.72. The maximum Gasteiger partial charge on any atom is 0.117 e. The van der Waals surface area contributed by atoms with Crippen LogP contribution in [-0.2, 0) is 6.54 Å². The van der Waals surface area contributed by atoms with Gasteiger partial charge < -0.3 is 10.4 Å². The summed E-state index contributed by atoms with van der Waals surface area (Å²) in [6.07, 6.45) is -0.359. The first kappa shape index (κ1) is 11.8. The van der Waals surface area contributed by atoms with Gasteiger partial charge in [0, 0.05) is 18.7 Å². The van der Waals surface area contributed by atoms with Crippen molar-refractivity contribution < 1.29 is 5.11 Å². The van der Waals surface area contributed by atoms with Crippen LogP contribution in [0.15, 0.2) is 30.3 Å². The normalized spacial score (nSPS) is 12.6. The van der Waals surface area contributed by atoms with Crippen molar-refractivity contribution in [3.63, 3.8) is 0 Å². The molecule has 1 atom stereocenters. The molecule has 90 valence electrons. The van der Waals surface area contributed by atoms with Crippen molar-refractivity contribution in [1.29, 1.82) is 0 Å². The molecule has 17 heavy (non-hydrogen) atoms. The predicted molar refractivity (Wildman–Crippen MR) is 65.2 cm³/mol. The van der Waals surface area contributed by atoms with Crippen LogP contribution >= 0.6 is 0 Å². The van der Waals surface area contributed by atoms with Gasteiger partial charge in [-0.1, -0.05) is 30.3 Å². The highest BCUT2D eigenvalue weighted by molar-refractivity contribution is 5.60. The van der Waals surface area contributed by atoms with Crippen molar-refractivity contribution in [1.82, 2.24) is 20.7 Å². The van der Waals surface area contributed by atoms with E-state index in [0.717, 1.165) is 17.0 Å². The Balaban J connectivity index is 2.07. The quantitative estimate of drug-likeness (QED) is 0.717. The highest BCUT2D eigenvalue weighted by Crippen LogP contribution is 2.18. The molecule has 0 amide bonds. The second-order valence-electron chi connectivity index (χ2n) is 3.96. The van der Waals surface area contributed by atoms with Crippen molar-refractivity contribution in [2.75, 3.05) is 6.54 Å². The maximum absolute atomic E-state index is 9.16. The van der Waals surface area contributed by atoms with Gasteiger partial charge in [0.05, 0.1) is 6.10 Å². The standard InChI is InChI=1S/C12H16N4O/c1-9(17)7-13-8-11-12(15-16-14-11)10-5-3-2-4-6-10/h2-6,9,13,17H,7-8H2,1H3,(H,14,15,16). The van der Waals surface area contributed by atoms with Gasteiger partial charge in [0.1, 0.15) is 11.4 Å². The minimum absolute atomic E-state index is 0.359. The molecule has 2 rings (SSSR count).